The van der Waals surface area contributed by atoms with Gasteiger partial charge in [-0.1, -0.05) is 5.92 Å². The molecule has 6 heteroatoms. The van der Waals surface area contributed by atoms with Crippen LogP contribution in [0.1, 0.15) is 0 Å². The summed E-state index contributed by atoms with van der Waals surface area (Å²) in [4.78, 5) is 12.6. The van der Waals surface area contributed by atoms with Crippen molar-refractivity contribution in [3.63, 3.8) is 0 Å². The molecule has 0 spiro atoms. The van der Waals surface area contributed by atoms with Gasteiger partial charge in [-0.25, -0.2) is 4.79 Å². The van der Waals surface area contributed by atoms with Crippen LogP contribution in [0.25, 0.3) is 0 Å². The number of aliphatic carboxylic acids is 1. The van der Waals surface area contributed by atoms with Crippen LogP contribution in [0.3, 0.4) is 0 Å². The number of carboxylic acid groups (broad SMARTS) is 1. The first-order chi connectivity index (χ1) is 7.61. The van der Waals surface area contributed by atoms with E-state index in [1.165, 1.54) is 16.7 Å². The molecular weight excluding hydrogens is 228 g/mol. The topological polar surface area (TPSA) is 86.8 Å². The van der Waals surface area contributed by atoms with Gasteiger partial charge in [0.15, 0.2) is 0 Å². The molecule has 0 amide bonds. The number of aliphatic hydroxyl groups is 1. The Morgan fingerprint density at radius 2 is 2.44 bits per heavy atom. The summed E-state index contributed by atoms with van der Waals surface area (Å²) in [5.41, 5.74) is 5.98. The third kappa shape index (κ3) is 1.40. The number of carboxylic acids is 1. The molecule has 0 aromatic carbocycles. The Morgan fingerprint density at radius 3 is 2.94 bits per heavy atom. The predicted octanol–water partition coefficient (Wildman–Crippen LogP) is -0.760. The molecule has 0 radical (unpaired) electrons. The number of hydrogen-bond donors (Lipinski definition) is 3. The summed E-state index contributed by atoms with van der Waals surface area (Å²) in [6.07, 6.45) is 4.42. The van der Waals surface area contributed by atoms with Gasteiger partial charge in [-0.15, -0.1) is 18.2 Å². The summed E-state index contributed by atoms with van der Waals surface area (Å²) in [5.74, 6) is 1.68. The normalized spacial score (nSPS) is 32.8. The smallest absolute Gasteiger partial charge is 0.353 e. The second-order valence-corrected chi connectivity index (χ2v) is 4.80. The van der Waals surface area contributed by atoms with Gasteiger partial charge in [-0.05, 0) is 0 Å². The van der Waals surface area contributed by atoms with Gasteiger partial charge in [0.2, 0.25) is 0 Å². The third-order valence-electron chi connectivity index (χ3n) is 2.90. The molecule has 2 heterocycles. The number of hydrogen-bond acceptors (Lipinski definition) is 5. The van der Waals surface area contributed by atoms with Crippen LogP contribution in [0.15, 0.2) is 11.3 Å². The quantitative estimate of drug-likeness (QED) is 0.550. The molecule has 0 bridgehead atoms. The average molecular weight is 240 g/mol. The fourth-order valence-electron chi connectivity index (χ4n) is 2.05. The summed E-state index contributed by atoms with van der Waals surface area (Å²) >= 11 is 1.53. The molecule has 2 unspecified atom stereocenters. The van der Waals surface area contributed by atoms with Crippen molar-refractivity contribution < 1.29 is 15.0 Å². The number of rotatable bonds is 2. The van der Waals surface area contributed by atoms with Gasteiger partial charge in [0.25, 0.3) is 0 Å². The van der Waals surface area contributed by atoms with Crippen LogP contribution in [0.4, 0.5) is 0 Å². The first kappa shape index (κ1) is 11.3. The summed E-state index contributed by atoms with van der Waals surface area (Å²) in [6.45, 7) is 0.341. The molecule has 0 aromatic heterocycles. The molecule has 3 atom stereocenters. The highest BCUT2D eigenvalue weighted by atomic mass is 32.2. The van der Waals surface area contributed by atoms with E-state index in [1.54, 1.807) is 0 Å². The highest BCUT2D eigenvalue weighted by molar-refractivity contribution is 8.00. The fraction of sp³-hybridized carbons (Fsp3) is 0.500. The van der Waals surface area contributed by atoms with Gasteiger partial charge < -0.3 is 20.8 Å². The van der Waals surface area contributed by atoms with Gasteiger partial charge in [0.05, 0.1) is 5.37 Å². The van der Waals surface area contributed by atoms with E-state index in [2.05, 4.69) is 5.92 Å². The predicted molar refractivity (Wildman–Crippen MR) is 60.1 cm³/mol. The van der Waals surface area contributed by atoms with Crippen LogP contribution in [-0.2, 0) is 4.79 Å². The molecule has 2 aliphatic heterocycles. The molecule has 1 fully saturated rings. The average Bonchev–Trinajstić information content (AvgIpc) is 2.27. The Hall–Kier alpha value is -1.16. The molecule has 0 aromatic rings. The monoisotopic (exact) mass is 240 g/mol. The number of aliphatic hydroxyl groups excluding tert-OH is 1. The Kier molecular flexibility index (Phi) is 2.84. The van der Waals surface area contributed by atoms with Crippen molar-refractivity contribution in [1.29, 1.82) is 0 Å². The summed E-state index contributed by atoms with van der Waals surface area (Å²) in [5, 5.41) is 18.8. The minimum Gasteiger partial charge on any atom is -0.477 e. The van der Waals surface area contributed by atoms with E-state index >= 15 is 0 Å². The molecule has 1 saturated heterocycles. The van der Waals surface area contributed by atoms with Crippen molar-refractivity contribution in [2.24, 2.45) is 11.7 Å². The summed E-state index contributed by atoms with van der Waals surface area (Å²) in [7, 11) is 0. The van der Waals surface area contributed by atoms with Gasteiger partial charge in [-0.3, -0.25) is 0 Å². The van der Waals surface area contributed by atoms with E-state index in [0.29, 0.717) is 17.9 Å². The second kappa shape index (κ2) is 4.01. The van der Waals surface area contributed by atoms with E-state index in [-0.39, 0.29) is 17.0 Å². The Labute approximate surface area is 97.3 Å². The van der Waals surface area contributed by atoms with Crippen LogP contribution >= 0.6 is 11.8 Å². The van der Waals surface area contributed by atoms with Crippen molar-refractivity contribution in [2.75, 3.05) is 12.3 Å². The Bertz CT molecular complexity index is 401. The molecule has 86 valence electrons. The largest absolute Gasteiger partial charge is 0.477 e. The highest BCUT2D eigenvalue weighted by Gasteiger charge is 2.52. The molecule has 16 heavy (non-hydrogen) atoms. The first-order valence-corrected chi connectivity index (χ1v) is 5.87. The zero-order valence-corrected chi connectivity index (χ0v) is 9.28. The lowest BCUT2D eigenvalue weighted by Crippen LogP contribution is -2.66. The van der Waals surface area contributed by atoms with Crippen molar-refractivity contribution in [1.82, 2.24) is 4.90 Å². The molecular formula is C10H12N2O3S. The standard InChI is InChI=1S/C10H12N2O3S/c1-2-5-4-16-9-6(3-11)8(13)12(9)7(5)10(14)15/h1,6,8-9,13H,3-4,11H2,(H,14,15)/t6-,8?,9?/m1/s1. The van der Waals surface area contributed by atoms with Crippen molar-refractivity contribution >= 4 is 17.7 Å². The van der Waals surface area contributed by atoms with Gasteiger partial charge in [-0.2, -0.15) is 0 Å². The fourth-order valence-corrected chi connectivity index (χ4v) is 3.50. The lowest BCUT2D eigenvalue weighted by molar-refractivity contribution is -0.150. The molecule has 0 aliphatic carbocycles. The van der Waals surface area contributed by atoms with Crippen LogP contribution in [-0.4, -0.2) is 45.0 Å². The van der Waals surface area contributed by atoms with E-state index in [9.17, 15) is 9.90 Å². The zero-order valence-electron chi connectivity index (χ0n) is 8.46. The number of carbonyl (C=O) groups is 1. The highest BCUT2D eigenvalue weighted by Crippen LogP contribution is 2.45. The van der Waals surface area contributed by atoms with Crippen LogP contribution in [0, 0.1) is 18.3 Å². The third-order valence-corrected chi connectivity index (χ3v) is 4.27. The molecule has 4 N–H and O–H groups in total. The van der Waals surface area contributed by atoms with Crippen molar-refractivity contribution in [3.8, 4) is 12.3 Å². The molecule has 0 saturated carbocycles. The van der Waals surface area contributed by atoms with E-state index in [4.69, 9.17) is 17.3 Å². The maximum Gasteiger partial charge on any atom is 0.353 e. The number of nitrogens with zero attached hydrogens (tertiary/aromatic N) is 1. The molecule has 2 rings (SSSR count). The number of thioether (sulfide) groups is 1. The minimum atomic E-state index is -1.09. The maximum atomic E-state index is 11.1. The Morgan fingerprint density at radius 1 is 1.75 bits per heavy atom. The maximum absolute atomic E-state index is 11.1. The van der Waals surface area contributed by atoms with E-state index in [1.807, 2.05) is 0 Å². The zero-order chi connectivity index (χ0) is 11.9. The van der Waals surface area contributed by atoms with E-state index < -0.39 is 12.2 Å². The second-order valence-electron chi connectivity index (χ2n) is 3.70. The Balaban J connectivity index is 2.34. The number of terminal acetylenes is 1. The number of fused-ring (bicyclic) bond motifs is 1. The van der Waals surface area contributed by atoms with E-state index in [0.717, 1.165) is 0 Å². The van der Waals surface area contributed by atoms with Crippen LogP contribution in [0.5, 0.6) is 0 Å². The first-order valence-electron chi connectivity index (χ1n) is 4.83. The molecule has 2 aliphatic rings. The van der Waals surface area contributed by atoms with Crippen LogP contribution < -0.4 is 5.73 Å². The van der Waals surface area contributed by atoms with Gasteiger partial charge in [0.1, 0.15) is 11.9 Å². The number of nitrogens with two attached hydrogens (primary N) is 1. The molecule has 5 nitrogen and oxygen atoms in total. The van der Waals surface area contributed by atoms with Gasteiger partial charge >= 0.3 is 5.97 Å². The summed E-state index contributed by atoms with van der Waals surface area (Å²) < 4.78 is 0. The lowest BCUT2D eigenvalue weighted by atomic mass is 9.94. The van der Waals surface area contributed by atoms with Crippen LogP contribution in [0.2, 0.25) is 0 Å². The SMILES string of the molecule is C#CC1=C(C(=O)O)N2C(O)[C@@H](CN)C2SC1. The van der Waals surface area contributed by atoms with Crippen molar-refractivity contribution in [2.45, 2.75) is 11.6 Å². The minimum absolute atomic E-state index is 0.0449. The summed E-state index contributed by atoms with van der Waals surface area (Å²) in [6, 6.07) is 0. The van der Waals surface area contributed by atoms with Crippen molar-refractivity contribution in [3.05, 3.63) is 11.3 Å². The lowest BCUT2D eigenvalue weighted by Gasteiger charge is -2.55. The van der Waals surface area contributed by atoms with Gasteiger partial charge in [0, 0.05) is 23.8 Å².